The molecule has 0 saturated heterocycles. The normalized spacial score (nSPS) is 10.5. The zero-order chi connectivity index (χ0) is 18.9. The predicted octanol–water partition coefficient (Wildman–Crippen LogP) is 4.09. The van der Waals surface area contributed by atoms with Crippen LogP contribution in [-0.2, 0) is 13.0 Å². The van der Waals surface area contributed by atoms with Crippen molar-refractivity contribution in [1.82, 2.24) is 5.32 Å². The van der Waals surface area contributed by atoms with Crippen molar-refractivity contribution in [3.05, 3.63) is 52.0 Å². The van der Waals surface area contributed by atoms with Gasteiger partial charge in [0.1, 0.15) is 6.61 Å². The minimum atomic E-state index is 0.463. The molecular formula is C20H25ClN2O3. The summed E-state index contributed by atoms with van der Waals surface area (Å²) in [5.41, 5.74) is 3.04. The smallest absolute Gasteiger partial charge is 0.203 e. The lowest BCUT2D eigenvalue weighted by Gasteiger charge is -2.15. The molecule has 26 heavy (non-hydrogen) atoms. The first kappa shape index (κ1) is 20.1. The molecule has 0 aliphatic heterocycles. The molecule has 2 aromatic rings. The summed E-state index contributed by atoms with van der Waals surface area (Å²) in [5.74, 6) is 1.64. The third kappa shape index (κ3) is 5.13. The van der Waals surface area contributed by atoms with Crippen molar-refractivity contribution in [3.8, 4) is 17.2 Å². The molecule has 0 unspecified atom stereocenters. The second kappa shape index (κ2) is 10.0. The molecule has 0 fully saturated rings. The molecule has 6 heteroatoms. The highest BCUT2D eigenvalue weighted by molar-refractivity contribution is 6.31. The van der Waals surface area contributed by atoms with Gasteiger partial charge in [-0.1, -0.05) is 30.7 Å². The van der Waals surface area contributed by atoms with E-state index in [4.69, 9.17) is 31.2 Å². The van der Waals surface area contributed by atoms with Crippen LogP contribution in [0.4, 0.5) is 0 Å². The molecule has 2 aromatic carbocycles. The van der Waals surface area contributed by atoms with Crippen molar-refractivity contribution in [1.29, 1.82) is 5.41 Å². The van der Waals surface area contributed by atoms with Crippen molar-refractivity contribution in [2.24, 2.45) is 0 Å². The third-order valence-corrected chi connectivity index (χ3v) is 4.36. The summed E-state index contributed by atoms with van der Waals surface area (Å²) in [6, 6.07) is 9.58. The molecule has 0 saturated carbocycles. The number of hydrogen-bond acceptors (Lipinski definition) is 5. The van der Waals surface area contributed by atoms with Crippen molar-refractivity contribution >= 4 is 17.8 Å². The Morgan fingerprint density at radius 3 is 2.38 bits per heavy atom. The fourth-order valence-corrected chi connectivity index (χ4v) is 2.84. The highest BCUT2D eigenvalue weighted by Gasteiger charge is 2.13. The van der Waals surface area contributed by atoms with Gasteiger partial charge in [0.25, 0.3) is 0 Å². The Kier molecular flexibility index (Phi) is 7.75. The number of halogens is 1. The SMILES string of the molecule is CCc1cc(CNCCOc2c(OC)cc(C=N)cc2OC)ccc1Cl. The van der Waals surface area contributed by atoms with Gasteiger partial charge in [-0.3, -0.25) is 0 Å². The van der Waals surface area contributed by atoms with Gasteiger partial charge in [-0.2, -0.15) is 0 Å². The van der Waals surface area contributed by atoms with E-state index in [2.05, 4.69) is 18.3 Å². The molecule has 2 N–H and O–H groups in total. The van der Waals surface area contributed by atoms with Crippen LogP contribution in [0.15, 0.2) is 30.3 Å². The van der Waals surface area contributed by atoms with Crippen molar-refractivity contribution in [2.45, 2.75) is 19.9 Å². The van der Waals surface area contributed by atoms with Crippen LogP contribution in [0, 0.1) is 5.41 Å². The summed E-state index contributed by atoms with van der Waals surface area (Å²) in [4.78, 5) is 0. The lowest BCUT2D eigenvalue weighted by atomic mass is 10.1. The summed E-state index contributed by atoms with van der Waals surface area (Å²) < 4.78 is 16.5. The summed E-state index contributed by atoms with van der Waals surface area (Å²) in [6.45, 7) is 3.97. The predicted molar refractivity (Wildman–Crippen MR) is 105 cm³/mol. The molecule has 2 rings (SSSR count). The van der Waals surface area contributed by atoms with Gasteiger partial charge in [-0.25, -0.2) is 0 Å². The van der Waals surface area contributed by atoms with E-state index in [9.17, 15) is 0 Å². The largest absolute Gasteiger partial charge is 0.493 e. The summed E-state index contributed by atoms with van der Waals surface area (Å²) in [6.07, 6.45) is 2.16. The van der Waals surface area contributed by atoms with Gasteiger partial charge in [0.05, 0.1) is 14.2 Å². The summed E-state index contributed by atoms with van der Waals surface area (Å²) in [5, 5.41) is 11.5. The maximum Gasteiger partial charge on any atom is 0.203 e. The van der Waals surface area contributed by atoms with Gasteiger partial charge in [-0.05, 0) is 41.3 Å². The first-order chi connectivity index (χ1) is 12.6. The molecular weight excluding hydrogens is 352 g/mol. The van der Waals surface area contributed by atoms with Crippen LogP contribution >= 0.6 is 11.6 Å². The van der Waals surface area contributed by atoms with E-state index in [1.54, 1.807) is 26.4 Å². The molecule has 0 aliphatic rings. The average Bonchev–Trinajstić information content (AvgIpc) is 2.68. The van der Waals surface area contributed by atoms with Crippen molar-refractivity contribution < 1.29 is 14.2 Å². The van der Waals surface area contributed by atoms with E-state index >= 15 is 0 Å². The number of rotatable bonds is 10. The molecule has 0 aromatic heterocycles. The second-order valence-electron chi connectivity index (χ2n) is 5.70. The number of hydrogen-bond donors (Lipinski definition) is 2. The van der Waals surface area contributed by atoms with E-state index in [1.165, 1.54) is 11.8 Å². The van der Waals surface area contributed by atoms with Crippen LogP contribution in [0.2, 0.25) is 5.02 Å². The molecule has 0 atom stereocenters. The number of methoxy groups -OCH3 is 2. The van der Waals surface area contributed by atoms with Gasteiger partial charge in [-0.15, -0.1) is 0 Å². The lowest BCUT2D eigenvalue weighted by Crippen LogP contribution is -2.21. The Hall–Kier alpha value is -2.24. The quantitative estimate of drug-likeness (QED) is 0.484. The highest BCUT2D eigenvalue weighted by atomic mass is 35.5. The zero-order valence-electron chi connectivity index (χ0n) is 15.4. The van der Waals surface area contributed by atoms with Gasteiger partial charge in [0, 0.05) is 24.3 Å². The van der Waals surface area contributed by atoms with E-state index in [1.807, 2.05) is 12.1 Å². The first-order valence-corrected chi connectivity index (χ1v) is 8.88. The molecule has 0 aliphatic carbocycles. The van der Waals surface area contributed by atoms with Gasteiger partial charge in [0.15, 0.2) is 11.5 Å². The maximum absolute atomic E-state index is 7.38. The zero-order valence-corrected chi connectivity index (χ0v) is 16.2. The molecule has 5 nitrogen and oxygen atoms in total. The van der Waals surface area contributed by atoms with Crippen LogP contribution < -0.4 is 19.5 Å². The molecule has 0 spiro atoms. The minimum Gasteiger partial charge on any atom is -0.493 e. The van der Waals surface area contributed by atoms with Gasteiger partial charge >= 0.3 is 0 Å². The van der Waals surface area contributed by atoms with Crippen molar-refractivity contribution in [3.63, 3.8) is 0 Å². The van der Waals surface area contributed by atoms with E-state index in [-0.39, 0.29) is 0 Å². The minimum absolute atomic E-state index is 0.463. The Morgan fingerprint density at radius 1 is 1.12 bits per heavy atom. The standard InChI is InChI=1S/C20H25ClN2O3/c1-4-16-9-14(5-6-17(16)21)13-23-7-8-26-20-18(24-2)10-15(12-22)11-19(20)25-3/h5-6,9-12,22-23H,4,7-8,13H2,1-3H3. The number of benzene rings is 2. The first-order valence-electron chi connectivity index (χ1n) is 8.50. The number of aryl methyl sites for hydroxylation is 1. The van der Waals surface area contributed by atoms with E-state index in [0.717, 1.165) is 23.6 Å². The highest BCUT2D eigenvalue weighted by Crippen LogP contribution is 2.38. The van der Waals surface area contributed by atoms with E-state index < -0.39 is 0 Å². The maximum atomic E-state index is 7.38. The van der Waals surface area contributed by atoms with Crippen LogP contribution in [0.25, 0.3) is 0 Å². The Labute approximate surface area is 159 Å². The fraction of sp³-hybridized carbons (Fsp3) is 0.350. The Balaban J connectivity index is 1.91. The molecule has 0 bridgehead atoms. The number of ether oxygens (including phenoxy) is 3. The molecule has 140 valence electrons. The topological polar surface area (TPSA) is 63.6 Å². The third-order valence-electron chi connectivity index (χ3n) is 3.99. The molecule has 0 amide bonds. The van der Waals surface area contributed by atoms with Crippen LogP contribution in [0.1, 0.15) is 23.6 Å². The van der Waals surface area contributed by atoms with E-state index in [0.29, 0.717) is 36.0 Å². The fourth-order valence-electron chi connectivity index (χ4n) is 2.59. The number of nitrogens with one attached hydrogen (secondary N) is 2. The van der Waals surface area contributed by atoms with Crippen LogP contribution in [0.3, 0.4) is 0 Å². The van der Waals surface area contributed by atoms with Gasteiger partial charge < -0.3 is 24.9 Å². The van der Waals surface area contributed by atoms with Crippen molar-refractivity contribution in [2.75, 3.05) is 27.4 Å². The van der Waals surface area contributed by atoms with Crippen LogP contribution in [-0.4, -0.2) is 33.6 Å². The lowest BCUT2D eigenvalue weighted by molar-refractivity contribution is 0.273. The summed E-state index contributed by atoms with van der Waals surface area (Å²) >= 11 is 6.15. The average molecular weight is 377 g/mol. The second-order valence-corrected chi connectivity index (χ2v) is 6.11. The Morgan fingerprint density at radius 2 is 1.81 bits per heavy atom. The molecule has 0 radical (unpaired) electrons. The Bertz CT molecular complexity index is 725. The van der Waals surface area contributed by atoms with Crippen LogP contribution in [0.5, 0.6) is 17.2 Å². The summed E-state index contributed by atoms with van der Waals surface area (Å²) in [7, 11) is 3.14. The van der Waals surface area contributed by atoms with Gasteiger partial charge in [0.2, 0.25) is 5.75 Å². The molecule has 0 heterocycles. The monoisotopic (exact) mass is 376 g/mol.